The van der Waals surface area contributed by atoms with Gasteiger partial charge in [-0.15, -0.1) is 0 Å². The van der Waals surface area contributed by atoms with Crippen LogP contribution in [0.15, 0.2) is 82.6 Å². The predicted octanol–water partition coefficient (Wildman–Crippen LogP) is 6.69. The molecular weight excluding hydrogens is 697 g/mol. The number of Topliss-reactive ketones (excluding diaryl/α,β-unsaturated/α-hetero) is 2. The SMILES string of the molecule is CN(C)c1c(CN2CCCC2(C)C)cc(OCc2ccccc2)c2c1C[C@H]1C[C@H]3[C@H](N(C)C)c4onc(OCc5ccccc5)c4C(=O)[C@@]3(O)C(O)=C1C2=O. The lowest BCUT2D eigenvalue weighted by Gasteiger charge is -2.49. The van der Waals surface area contributed by atoms with Gasteiger partial charge in [0.25, 0.3) is 5.88 Å². The summed E-state index contributed by atoms with van der Waals surface area (Å²) in [5.74, 6) is -2.56. The summed E-state index contributed by atoms with van der Waals surface area (Å²) in [6.45, 7) is 6.56. The third kappa shape index (κ3) is 6.13. The van der Waals surface area contributed by atoms with Crippen molar-refractivity contribution in [2.75, 3.05) is 39.6 Å². The fraction of sp³-hybridized carbons (Fsp3) is 0.432. The van der Waals surface area contributed by atoms with Gasteiger partial charge in [-0.3, -0.25) is 19.4 Å². The van der Waals surface area contributed by atoms with Crippen molar-refractivity contribution in [3.8, 4) is 11.6 Å². The Balaban J connectivity index is 1.24. The molecule has 3 aliphatic carbocycles. The van der Waals surface area contributed by atoms with Crippen LogP contribution in [0.5, 0.6) is 11.6 Å². The number of allylic oxidation sites excluding steroid dienone is 1. The van der Waals surface area contributed by atoms with E-state index in [9.17, 15) is 15.0 Å². The molecule has 0 amide bonds. The number of carbonyl (C=O) groups is 2. The van der Waals surface area contributed by atoms with Crippen LogP contribution < -0.4 is 14.4 Å². The van der Waals surface area contributed by atoms with Crippen molar-refractivity contribution in [1.82, 2.24) is 15.0 Å². The van der Waals surface area contributed by atoms with Crippen molar-refractivity contribution in [2.24, 2.45) is 11.8 Å². The summed E-state index contributed by atoms with van der Waals surface area (Å²) in [6.07, 6.45) is 2.86. The van der Waals surface area contributed by atoms with Crippen LogP contribution in [0.25, 0.3) is 0 Å². The van der Waals surface area contributed by atoms with Crippen LogP contribution in [0.3, 0.4) is 0 Å². The number of nitrogens with zero attached hydrogens (tertiary/aromatic N) is 4. The smallest absolute Gasteiger partial charge is 0.265 e. The number of ether oxygens (including phenoxy) is 2. The van der Waals surface area contributed by atoms with Crippen LogP contribution >= 0.6 is 0 Å². The summed E-state index contributed by atoms with van der Waals surface area (Å²) in [4.78, 5) is 36.1. The number of aliphatic hydroxyl groups excluding tert-OH is 1. The minimum absolute atomic E-state index is 0.0244. The molecule has 2 N–H and O–H groups in total. The van der Waals surface area contributed by atoms with Gasteiger partial charge in [0.05, 0.1) is 11.6 Å². The van der Waals surface area contributed by atoms with Crippen LogP contribution in [0, 0.1) is 11.8 Å². The van der Waals surface area contributed by atoms with Crippen molar-refractivity contribution in [3.05, 3.63) is 117 Å². The van der Waals surface area contributed by atoms with Crippen LogP contribution in [-0.4, -0.2) is 82.6 Å². The first-order valence-electron chi connectivity index (χ1n) is 19.2. The zero-order valence-electron chi connectivity index (χ0n) is 32.5. The molecule has 0 saturated carbocycles. The summed E-state index contributed by atoms with van der Waals surface area (Å²) in [5, 5.41) is 29.1. The molecule has 1 aliphatic heterocycles. The third-order valence-corrected chi connectivity index (χ3v) is 12.3. The van der Waals surface area contributed by atoms with Gasteiger partial charge in [-0.05, 0) is 99.6 Å². The van der Waals surface area contributed by atoms with Crippen molar-refractivity contribution in [1.29, 1.82) is 0 Å². The molecule has 0 radical (unpaired) electrons. The van der Waals surface area contributed by atoms with Crippen molar-refractivity contribution in [3.63, 3.8) is 0 Å². The number of aromatic nitrogens is 1. The van der Waals surface area contributed by atoms with Crippen LogP contribution in [-0.2, 0) is 26.2 Å². The van der Waals surface area contributed by atoms with Crippen molar-refractivity contribution in [2.45, 2.75) is 76.5 Å². The molecular formula is C44H50N4O7. The van der Waals surface area contributed by atoms with Crippen molar-refractivity contribution >= 4 is 17.3 Å². The summed E-state index contributed by atoms with van der Waals surface area (Å²) < 4.78 is 18.4. The van der Waals surface area contributed by atoms with Gasteiger partial charge < -0.3 is 29.1 Å². The molecule has 3 aromatic carbocycles. The molecule has 4 aromatic rings. The lowest BCUT2D eigenvalue weighted by Crippen LogP contribution is -2.59. The molecule has 0 spiro atoms. The molecule has 8 rings (SSSR count). The Kier molecular flexibility index (Phi) is 9.38. The van der Waals surface area contributed by atoms with Gasteiger partial charge in [-0.25, -0.2) is 0 Å². The minimum Gasteiger partial charge on any atom is -0.508 e. The second-order valence-corrected chi connectivity index (χ2v) is 16.6. The maximum Gasteiger partial charge on any atom is 0.265 e. The normalized spacial score (nSPS) is 24.3. The Hall–Kier alpha value is -4.97. The fourth-order valence-electron chi connectivity index (χ4n) is 9.55. The average Bonchev–Trinajstić information content (AvgIpc) is 3.73. The topological polar surface area (TPSA) is 129 Å². The Morgan fingerprint density at radius 1 is 0.945 bits per heavy atom. The van der Waals surface area contributed by atoms with Crippen LogP contribution in [0.4, 0.5) is 5.69 Å². The monoisotopic (exact) mass is 746 g/mol. The van der Waals surface area contributed by atoms with Crippen LogP contribution in [0.2, 0.25) is 0 Å². The maximum absolute atomic E-state index is 15.1. The first-order chi connectivity index (χ1) is 26.3. The Morgan fingerprint density at radius 3 is 2.20 bits per heavy atom. The number of anilines is 1. The molecule has 0 bridgehead atoms. The molecule has 11 heteroatoms. The van der Waals surface area contributed by atoms with E-state index in [0.29, 0.717) is 24.3 Å². The molecule has 4 atom stereocenters. The summed E-state index contributed by atoms with van der Waals surface area (Å²) in [7, 11) is 7.66. The molecule has 11 nitrogen and oxygen atoms in total. The first-order valence-corrected chi connectivity index (χ1v) is 19.2. The Morgan fingerprint density at radius 2 is 1.60 bits per heavy atom. The lowest BCUT2D eigenvalue weighted by atomic mass is 9.58. The van der Waals surface area contributed by atoms with E-state index >= 15 is 4.79 Å². The van der Waals surface area contributed by atoms with E-state index < -0.39 is 40.8 Å². The molecule has 4 aliphatic rings. The van der Waals surface area contributed by atoms with Crippen molar-refractivity contribution < 1.29 is 33.8 Å². The lowest BCUT2D eigenvalue weighted by molar-refractivity contribution is -0.0559. The standard InChI is InChI=1S/C44H50N4O7/c1-43(2)18-13-19-48(43)23-29-22-32(53-24-26-14-9-7-10-15-26)34-30(36(29)46(3)4)20-28-21-31-37(47(5)6)39-35(41(51)44(31,52)40(50)33(28)38(34)49)42(45-55-39)54-25-27-16-11-8-12-17-27/h7-12,14-17,22,28,31,37,50,52H,13,18-21,23-25H2,1-6H3/t28-,31-,37-,44-/m0/s1. The number of likely N-dealkylation sites (tertiary alicyclic amines) is 1. The number of fused-ring (bicyclic) bond motifs is 4. The van der Waals surface area contributed by atoms with Gasteiger partial charge in [0, 0.05) is 43.4 Å². The largest absolute Gasteiger partial charge is 0.508 e. The highest BCUT2D eigenvalue weighted by molar-refractivity contribution is 6.16. The van der Waals surface area contributed by atoms with Gasteiger partial charge in [-0.2, -0.15) is 0 Å². The van der Waals surface area contributed by atoms with E-state index in [1.165, 1.54) is 0 Å². The number of hydrogen-bond donors (Lipinski definition) is 2. The van der Waals surface area contributed by atoms with Gasteiger partial charge in [-0.1, -0.05) is 60.7 Å². The van der Waals surface area contributed by atoms with E-state index in [1.54, 1.807) is 0 Å². The number of ketones is 2. The molecule has 55 heavy (non-hydrogen) atoms. The number of carbonyl (C=O) groups excluding carboxylic acids is 2. The molecule has 1 aromatic heterocycles. The quantitative estimate of drug-likeness (QED) is 0.180. The average molecular weight is 747 g/mol. The molecule has 2 heterocycles. The second-order valence-electron chi connectivity index (χ2n) is 16.6. The predicted molar refractivity (Wildman–Crippen MR) is 208 cm³/mol. The fourth-order valence-corrected chi connectivity index (χ4v) is 9.55. The number of aliphatic hydroxyl groups is 2. The molecule has 1 saturated heterocycles. The highest BCUT2D eigenvalue weighted by atomic mass is 16.5. The summed E-state index contributed by atoms with van der Waals surface area (Å²) in [5.41, 5.74) is 2.65. The van der Waals surface area contributed by atoms with Gasteiger partial charge in [0.1, 0.15) is 30.3 Å². The van der Waals surface area contributed by atoms with Gasteiger partial charge in [0.2, 0.25) is 5.78 Å². The first kappa shape index (κ1) is 37.0. The number of benzene rings is 3. The zero-order chi connectivity index (χ0) is 38.8. The highest BCUT2D eigenvalue weighted by Gasteiger charge is 2.64. The highest BCUT2D eigenvalue weighted by Crippen LogP contribution is 2.57. The third-order valence-electron chi connectivity index (χ3n) is 12.3. The number of hydrogen-bond acceptors (Lipinski definition) is 11. The molecule has 1 fully saturated rings. The summed E-state index contributed by atoms with van der Waals surface area (Å²) >= 11 is 0. The molecule has 288 valence electrons. The Bertz CT molecular complexity index is 2160. The van der Waals surface area contributed by atoms with E-state index in [2.05, 4.69) is 28.8 Å². The van der Waals surface area contributed by atoms with Gasteiger partial charge >= 0.3 is 0 Å². The van der Waals surface area contributed by atoms with Crippen LogP contribution in [0.1, 0.15) is 87.9 Å². The molecule has 0 unspecified atom stereocenters. The minimum atomic E-state index is -2.42. The van der Waals surface area contributed by atoms with Gasteiger partial charge in [0.15, 0.2) is 17.1 Å². The van der Waals surface area contributed by atoms with E-state index in [4.69, 9.17) is 14.0 Å². The van der Waals surface area contributed by atoms with E-state index in [-0.39, 0.29) is 48.0 Å². The number of rotatable bonds is 10. The Labute approximate surface area is 322 Å². The second kappa shape index (κ2) is 14.0. The van der Waals surface area contributed by atoms with E-state index in [1.807, 2.05) is 99.8 Å². The zero-order valence-corrected chi connectivity index (χ0v) is 32.5. The maximum atomic E-state index is 15.1. The van der Waals surface area contributed by atoms with E-state index in [0.717, 1.165) is 47.3 Å². The summed E-state index contributed by atoms with van der Waals surface area (Å²) in [6, 6.07) is 20.6.